The van der Waals surface area contributed by atoms with Crippen LogP contribution in [0.3, 0.4) is 0 Å². The van der Waals surface area contributed by atoms with Crippen LogP contribution in [0.1, 0.15) is 28.0 Å². The average Bonchev–Trinajstić information content (AvgIpc) is 3.03. The lowest BCUT2D eigenvalue weighted by atomic mass is 10.2. The Hall–Kier alpha value is -1.66. The minimum absolute atomic E-state index is 0.0918. The molecule has 100 valence electrons. The topological polar surface area (TPSA) is 59.0 Å². The fraction of sp³-hybridized carbons (Fsp3) is 0.385. The second-order valence-electron chi connectivity index (χ2n) is 4.45. The van der Waals surface area contributed by atoms with Crippen LogP contribution >= 0.6 is 11.3 Å². The van der Waals surface area contributed by atoms with Gasteiger partial charge in [-0.3, -0.25) is 10.1 Å². The van der Waals surface area contributed by atoms with Gasteiger partial charge in [-0.25, -0.2) is 4.98 Å². The van der Waals surface area contributed by atoms with Crippen molar-refractivity contribution in [3.05, 3.63) is 34.6 Å². The van der Waals surface area contributed by atoms with Crippen LogP contribution in [-0.2, 0) is 19.5 Å². The van der Waals surface area contributed by atoms with Crippen molar-refractivity contribution in [3.8, 4) is 0 Å². The Morgan fingerprint density at radius 2 is 2.53 bits per heavy atom. The van der Waals surface area contributed by atoms with Crippen LogP contribution in [0.2, 0.25) is 0 Å². The van der Waals surface area contributed by atoms with E-state index in [4.69, 9.17) is 0 Å². The van der Waals surface area contributed by atoms with Crippen molar-refractivity contribution in [2.75, 3.05) is 11.9 Å². The van der Waals surface area contributed by atoms with Crippen LogP contribution in [0.25, 0.3) is 0 Å². The molecule has 0 saturated carbocycles. The quantitative estimate of drug-likeness (QED) is 0.899. The first-order chi connectivity index (χ1) is 9.28. The van der Waals surface area contributed by atoms with Gasteiger partial charge in [-0.2, -0.15) is 0 Å². The molecule has 0 atom stereocenters. The lowest BCUT2D eigenvalue weighted by molar-refractivity contribution is 0.101. The number of rotatable bonds is 3. The first kappa shape index (κ1) is 12.4. The number of hydrogen-bond donors (Lipinski definition) is 2. The highest BCUT2D eigenvalue weighted by molar-refractivity contribution is 7.15. The Bertz CT molecular complexity index is 578. The van der Waals surface area contributed by atoms with Gasteiger partial charge in [-0.05, 0) is 19.1 Å². The second kappa shape index (κ2) is 5.14. The lowest BCUT2D eigenvalue weighted by Gasteiger charge is -2.09. The lowest BCUT2D eigenvalue weighted by Crippen LogP contribution is -2.22. The van der Waals surface area contributed by atoms with E-state index in [0.717, 1.165) is 31.7 Å². The highest BCUT2D eigenvalue weighted by Crippen LogP contribution is 2.25. The van der Waals surface area contributed by atoms with E-state index in [1.54, 1.807) is 11.3 Å². The Morgan fingerprint density at radius 1 is 1.63 bits per heavy atom. The van der Waals surface area contributed by atoms with E-state index in [9.17, 15) is 4.79 Å². The van der Waals surface area contributed by atoms with Gasteiger partial charge < -0.3 is 9.88 Å². The minimum atomic E-state index is -0.0918. The number of carbonyl (C=O) groups excluding carboxylic acids is 1. The number of fused-ring (bicyclic) bond motifs is 1. The summed E-state index contributed by atoms with van der Waals surface area (Å²) in [7, 11) is 0. The number of amides is 1. The molecule has 0 fully saturated rings. The van der Waals surface area contributed by atoms with E-state index in [1.807, 2.05) is 29.8 Å². The summed E-state index contributed by atoms with van der Waals surface area (Å²) in [6.45, 7) is 4.62. The number of aryl methyl sites for hydroxylation is 1. The summed E-state index contributed by atoms with van der Waals surface area (Å²) in [4.78, 5) is 17.9. The molecule has 0 aromatic carbocycles. The number of nitrogens with one attached hydrogen (secondary N) is 2. The molecular formula is C13H16N4OS. The standard InChI is InChI=1S/C13H16N4OS/c1-2-17-7-3-4-10(17)12(18)16-13-15-9-5-6-14-8-11(9)19-13/h3-4,7,14H,2,5-6,8H2,1H3,(H,15,16,18). The zero-order valence-electron chi connectivity index (χ0n) is 10.8. The fourth-order valence-electron chi connectivity index (χ4n) is 2.24. The molecule has 0 spiro atoms. The number of nitrogens with zero attached hydrogens (tertiary/aromatic N) is 2. The molecule has 0 bridgehead atoms. The van der Waals surface area contributed by atoms with Crippen LogP contribution in [-0.4, -0.2) is 22.0 Å². The number of aromatic nitrogens is 2. The van der Waals surface area contributed by atoms with Gasteiger partial charge in [0.15, 0.2) is 5.13 Å². The molecule has 0 radical (unpaired) electrons. The molecule has 3 heterocycles. The molecule has 5 nitrogen and oxygen atoms in total. The molecule has 1 amide bonds. The van der Waals surface area contributed by atoms with E-state index >= 15 is 0 Å². The molecule has 2 N–H and O–H groups in total. The summed E-state index contributed by atoms with van der Waals surface area (Å²) in [6.07, 6.45) is 2.85. The maximum atomic E-state index is 12.2. The monoisotopic (exact) mass is 276 g/mol. The van der Waals surface area contributed by atoms with Gasteiger partial charge in [-0.1, -0.05) is 0 Å². The van der Waals surface area contributed by atoms with Crippen LogP contribution in [0, 0.1) is 0 Å². The molecule has 1 aliphatic rings. The van der Waals surface area contributed by atoms with Crippen molar-refractivity contribution < 1.29 is 4.79 Å². The van der Waals surface area contributed by atoms with E-state index in [1.165, 1.54) is 4.88 Å². The largest absolute Gasteiger partial charge is 0.344 e. The van der Waals surface area contributed by atoms with E-state index < -0.39 is 0 Å². The SMILES string of the molecule is CCn1cccc1C(=O)Nc1nc2c(s1)CNCC2. The Kier molecular flexibility index (Phi) is 3.35. The first-order valence-corrected chi connectivity index (χ1v) is 7.25. The van der Waals surface area contributed by atoms with E-state index in [2.05, 4.69) is 15.6 Å². The molecule has 0 unspecified atom stereocenters. The minimum Gasteiger partial charge on any atom is -0.344 e. The van der Waals surface area contributed by atoms with Crippen molar-refractivity contribution in [1.29, 1.82) is 0 Å². The number of anilines is 1. The maximum Gasteiger partial charge on any atom is 0.274 e. The summed E-state index contributed by atoms with van der Waals surface area (Å²) >= 11 is 1.56. The van der Waals surface area contributed by atoms with Crippen LogP contribution in [0.15, 0.2) is 18.3 Å². The highest BCUT2D eigenvalue weighted by atomic mass is 32.1. The summed E-state index contributed by atoms with van der Waals surface area (Å²) in [5, 5.41) is 6.90. The molecule has 1 aliphatic heterocycles. The number of hydrogen-bond acceptors (Lipinski definition) is 4. The third-order valence-corrected chi connectivity index (χ3v) is 4.24. The molecule has 0 saturated heterocycles. The molecule has 2 aromatic heterocycles. The van der Waals surface area contributed by atoms with Gasteiger partial charge in [0.05, 0.1) is 5.69 Å². The van der Waals surface area contributed by atoms with Gasteiger partial charge in [0.1, 0.15) is 5.69 Å². The van der Waals surface area contributed by atoms with Crippen molar-refractivity contribution in [2.45, 2.75) is 26.4 Å². The number of thiazole rings is 1. The van der Waals surface area contributed by atoms with Crippen molar-refractivity contribution >= 4 is 22.4 Å². The Labute approximate surface area is 115 Å². The molecule has 6 heteroatoms. The summed E-state index contributed by atoms with van der Waals surface area (Å²) in [6, 6.07) is 3.71. The van der Waals surface area contributed by atoms with E-state index in [0.29, 0.717) is 10.8 Å². The third kappa shape index (κ3) is 2.41. The van der Waals surface area contributed by atoms with Crippen molar-refractivity contribution in [3.63, 3.8) is 0 Å². The zero-order chi connectivity index (χ0) is 13.2. The molecular weight excluding hydrogens is 260 g/mol. The van der Waals surface area contributed by atoms with Gasteiger partial charge in [0, 0.05) is 37.1 Å². The van der Waals surface area contributed by atoms with Crippen LogP contribution in [0.5, 0.6) is 0 Å². The average molecular weight is 276 g/mol. The predicted octanol–water partition coefficient (Wildman–Crippen LogP) is 1.86. The first-order valence-electron chi connectivity index (χ1n) is 6.43. The summed E-state index contributed by atoms with van der Waals surface area (Å²) in [5.41, 5.74) is 1.79. The second-order valence-corrected chi connectivity index (χ2v) is 5.53. The maximum absolute atomic E-state index is 12.2. The Balaban J connectivity index is 1.78. The Morgan fingerprint density at radius 3 is 3.32 bits per heavy atom. The van der Waals surface area contributed by atoms with Crippen molar-refractivity contribution in [1.82, 2.24) is 14.9 Å². The normalized spacial score (nSPS) is 14.2. The molecule has 0 aliphatic carbocycles. The summed E-state index contributed by atoms with van der Waals surface area (Å²) in [5.74, 6) is -0.0918. The van der Waals surface area contributed by atoms with Gasteiger partial charge in [0.2, 0.25) is 0 Å². The zero-order valence-corrected chi connectivity index (χ0v) is 11.6. The predicted molar refractivity (Wildman–Crippen MR) is 75.6 cm³/mol. The van der Waals surface area contributed by atoms with Gasteiger partial charge in [-0.15, -0.1) is 11.3 Å². The molecule has 2 aromatic rings. The van der Waals surface area contributed by atoms with Crippen LogP contribution < -0.4 is 10.6 Å². The smallest absolute Gasteiger partial charge is 0.274 e. The third-order valence-electron chi connectivity index (χ3n) is 3.23. The van der Waals surface area contributed by atoms with E-state index in [-0.39, 0.29) is 5.91 Å². The number of carbonyl (C=O) groups is 1. The van der Waals surface area contributed by atoms with Gasteiger partial charge >= 0.3 is 0 Å². The fourth-order valence-corrected chi connectivity index (χ4v) is 3.21. The van der Waals surface area contributed by atoms with Crippen molar-refractivity contribution in [2.24, 2.45) is 0 Å². The highest BCUT2D eigenvalue weighted by Gasteiger charge is 2.17. The van der Waals surface area contributed by atoms with Gasteiger partial charge in [0.25, 0.3) is 5.91 Å². The molecule has 3 rings (SSSR count). The molecule has 19 heavy (non-hydrogen) atoms. The summed E-state index contributed by atoms with van der Waals surface area (Å²) < 4.78 is 1.92. The van der Waals surface area contributed by atoms with Crippen LogP contribution in [0.4, 0.5) is 5.13 Å².